The van der Waals surface area contributed by atoms with Crippen LogP contribution >= 0.6 is 11.3 Å². The van der Waals surface area contributed by atoms with Crippen LogP contribution in [0.4, 0.5) is 17.1 Å². The Morgan fingerprint density at radius 3 is 2.57 bits per heavy atom. The minimum Gasteiger partial charge on any atom is -0.497 e. The molecule has 12 heteroatoms. The number of ether oxygens (including phenoxy) is 2. The van der Waals surface area contributed by atoms with Crippen LogP contribution in [0.2, 0.25) is 0 Å². The summed E-state index contributed by atoms with van der Waals surface area (Å²) in [5, 5.41) is 17.5. The molecule has 0 radical (unpaired) electrons. The average molecular weight is 497 g/mol. The summed E-state index contributed by atoms with van der Waals surface area (Å²) in [7, 11) is 3.10. The molecule has 1 aliphatic heterocycles. The number of methoxy groups -OCH3 is 2. The number of carbonyl (C=O) groups excluding carboxylic acids is 1. The van der Waals surface area contributed by atoms with E-state index in [2.05, 4.69) is 15.6 Å². The van der Waals surface area contributed by atoms with Gasteiger partial charge in [0.15, 0.2) is 10.8 Å². The Morgan fingerprint density at radius 1 is 1.17 bits per heavy atom. The first-order chi connectivity index (χ1) is 16.9. The van der Waals surface area contributed by atoms with Gasteiger partial charge in [-0.2, -0.15) is 0 Å². The highest BCUT2D eigenvalue weighted by molar-refractivity contribution is 7.13. The van der Waals surface area contributed by atoms with E-state index in [1.807, 2.05) is 4.90 Å². The largest absolute Gasteiger partial charge is 0.497 e. The summed E-state index contributed by atoms with van der Waals surface area (Å²) < 4.78 is 10.3. The topological polar surface area (TPSA) is 145 Å². The van der Waals surface area contributed by atoms with Crippen LogP contribution in [0, 0.1) is 10.1 Å². The van der Waals surface area contributed by atoms with Gasteiger partial charge in [0.25, 0.3) is 12.1 Å². The van der Waals surface area contributed by atoms with Gasteiger partial charge in [0.05, 0.1) is 42.8 Å². The Hall–Kier alpha value is -4.32. The molecule has 0 saturated heterocycles. The van der Waals surface area contributed by atoms with Gasteiger partial charge in [0.1, 0.15) is 11.5 Å². The van der Waals surface area contributed by atoms with Gasteiger partial charge in [-0.05, 0) is 36.4 Å². The Labute approximate surface area is 205 Å². The van der Waals surface area contributed by atoms with Gasteiger partial charge in [-0.3, -0.25) is 14.9 Å². The molecule has 0 unspecified atom stereocenters. The van der Waals surface area contributed by atoms with Crippen molar-refractivity contribution in [1.82, 2.24) is 9.88 Å². The molecule has 0 fully saturated rings. The fraction of sp³-hybridized carbons (Fsp3) is 0.217. The van der Waals surface area contributed by atoms with Crippen molar-refractivity contribution in [2.45, 2.75) is 13.0 Å². The maximum atomic E-state index is 12.8. The van der Waals surface area contributed by atoms with Crippen molar-refractivity contribution >= 4 is 34.3 Å². The predicted octanol–water partition coefficient (Wildman–Crippen LogP) is 3.54. The van der Waals surface area contributed by atoms with E-state index in [1.165, 1.54) is 18.4 Å². The van der Waals surface area contributed by atoms with Crippen molar-refractivity contribution in [3.05, 3.63) is 80.2 Å². The molecule has 1 aliphatic rings. The lowest BCUT2D eigenvalue weighted by Gasteiger charge is -2.29. The highest BCUT2D eigenvalue weighted by Crippen LogP contribution is 2.30. The van der Waals surface area contributed by atoms with E-state index in [0.29, 0.717) is 58.9 Å². The van der Waals surface area contributed by atoms with Crippen LogP contribution in [-0.2, 0) is 13.0 Å². The normalized spacial score (nSPS) is 13.1. The number of hydrogen-bond acceptors (Lipinski definition) is 10. The van der Waals surface area contributed by atoms with Crippen molar-refractivity contribution in [2.24, 2.45) is 0 Å². The van der Waals surface area contributed by atoms with Crippen LogP contribution < -0.4 is 25.8 Å². The maximum absolute atomic E-state index is 12.8. The predicted molar refractivity (Wildman–Crippen MR) is 133 cm³/mol. The maximum Gasteiger partial charge on any atom is 0.284 e. The van der Waals surface area contributed by atoms with Crippen LogP contribution in [0.15, 0.2) is 54.5 Å². The first kappa shape index (κ1) is 23.8. The van der Waals surface area contributed by atoms with Crippen LogP contribution in [0.5, 0.6) is 11.5 Å². The second-order valence-electron chi connectivity index (χ2n) is 7.62. The molecule has 0 aliphatic carbocycles. The highest BCUT2D eigenvalue weighted by atomic mass is 32.1. The third kappa shape index (κ3) is 5.61. The number of carbonyl (C=O) groups is 1. The van der Waals surface area contributed by atoms with Gasteiger partial charge in [-0.25, -0.2) is 4.98 Å². The van der Waals surface area contributed by atoms with Crippen molar-refractivity contribution in [2.75, 3.05) is 37.1 Å². The summed E-state index contributed by atoms with van der Waals surface area (Å²) in [6.07, 6.45) is 1.48. The zero-order chi connectivity index (χ0) is 24.9. The van der Waals surface area contributed by atoms with Gasteiger partial charge in [0.2, 0.25) is 0 Å². The van der Waals surface area contributed by atoms with Crippen molar-refractivity contribution in [3.63, 3.8) is 0 Å². The molecule has 4 N–H and O–H groups in total. The van der Waals surface area contributed by atoms with E-state index in [4.69, 9.17) is 15.2 Å². The number of rotatable bonds is 8. The van der Waals surface area contributed by atoms with Crippen LogP contribution in [0.1, 0.15) is 20.4 Å². The number of nitrogen functional groups attached to an aromatic ring is 1. The Balaban J connectivity index is 1.50. The first-order valence-corrected chi connectivity index (χ1v) is 11.4. The molecule has 4 rings (SSSR count). The second kappa shape index (κ2) is 10.3. The molecule has 1 aromatic heterocycles. The number of benzene rings is 2. The molecule has 1 amide bonds. The van der Waals surface area contributed by atoms with Gasteiger partial charge >= 0.3 is 0 Å². The van der Waals surface area contributed by atoms with Crippen molar-refractivity contribution in [3.8, 4) is 11.5 Å². The minimum absolute atomic E-state index is 0.294. The number of amides is 1. The summed E-state index contributed by atoms with van der Waals surface area (Å²) in [5.41, 5.74) is 8.30. The van der Waals surface area contributed by atoms with Crippen molar-refractivity contribution in [1.29, 1.82) is 0 Å². The Kier molecular flexibility index (Phi) is 7.01. The Morgan fingerprint density at radius 2 is 1.89 bits per heavy atom. The van der Waals surface area contributed by atoms with Gasteiger partial charge < -0.3 is 30.7 Å². The molecule has 3 aromatic rings. The molecule has 11 nitrogen and oxygen atoms in total. The molecule has 0 spiro atoms. The molecule has 35 heavy (non-hydrogen) atoms. The van der Waals surface area contributed by atoms with Gasteiger partial charge in [-0.1, -0.05) is 0 Å². The third-order valence-electron chi connectivity index (χ3n) is 5.36. The zero-order valence-electron chi connectivity index (χ0n) is 19.1. The van der Waals surface area contributed by atoms with Crippen LogP contribution in [0.3, 0.4) is 0 Å². The zero-order valence-corrected chi connectivity index (χ0v) is 19.9. The number of nitrogens with one attached hydrogen (secondary N) is 2. The Bertz CT molecular complexity index is 1270. The SMILES string of the molecule is COc1ccc(NC(=C[N+](=O)[O-])N2CCc3nc(C(=O)Nc4cc(OC)ccc4N)sc3C2)cc1. The minimum atomic E-state index is -0.495. The van der Waals surface area contributed by atoms with E-state index in [0.717, 1.165) is 16.8 Å². The second-order valence-corrected chi connectivity index (χ2v) is 8.70. The summed E-state index contributed by atoms with van der Waals surface area (Å²) in [6.45, 7) is 0.883. The van der Waals surface area contributed by atoms with E-state index in [9.17, 15) is 14.9 Å². The number of nitro groups is 1. The quantitative estimate of drug-likeness (QED) is 0.242. The molecular weight excluding hydrogens is 472 g/mol. The van der Waals surface area contributed by atoms with E-state index in [1.54, 1.807) is 49.6 Å². The fourth-order valence-electron chi connectivity index (χ4n) is 3.56. The van der Waals surface area contributed by atoms with E-state index >= 15 is 0 Å². The number of thiazole rings is 1. The molecule has 2 heterocycles. The smallest absolute Gasteiger partial charge is 0.284 e. The van der Waals surface area contributed by atoms with Crippen LogP contribution in [0.25, 0.3) is 0 Å². The molecule has 2 aromatic carbocycles. The highest BCUT2D eigenvalue weighted by Gasteiger charge is 2.26. The standard InChI is InChI=1S/C23H24N6O5S/c1-33-15-5-3-14(4-6-15)25-21(13-29(31)32)28-10-9-18-20(12-28)35-23(27-18)22(30)26-19-11-16(34-2)7-8-17(19)24/h3-8,11,13,25H,9-10,12,24H2,1-2H3,(H,26,30). The summed E-state index contributed by atoms with van der Waals surface area (Å²) >= 11 is 1.25. The van der Waals surface area contributed by atoms with Crippen molar-refractivity contribution < 1.29 is 19.2 Å². The molecule has 0 bridgehead atoms. The lowest BCUT2D eigenvalue weighted by Crippen LogP contribution is -2.33. The number of nitrogens with two attached hydrogens (primary N) is 1. The molecule has 0 atom stereocenters. The van der Waals surface area contributed by atoms with Gasteiger partial charge in [0, 0.05) is 29.6 Å². The third-order valence-corrected chi connectivity index (χ3v) is 6.45. The van der Waals surface area contributed by atoms with Crippen LogP contribution in [-0.4, -0.2) is 41.5 Å². The number of anilines is 3. The number of hydrogen-bond donors (Lipinski definition) is 3. The number of fused-ring (bicyclic) bond motifs is 1. The summed E-state index contributed by atoms with van der Waals surface area (Å²) in [6, 6.07) is 12.1. The number of aromatic nitrogens is 1. The molecular formula is C23H24N6O5S. The lowest BCUT2D eigenvalue weighted by molar-refractivity contribution is -0.404. The fourth-order valence-corrected chi connectivity index (χ4v) is 4.58. The lowest BCUT2D eigenvalue weighted by atomic mass is 10.2. The number of nitrogens with zero attached hydrogens (tertiary/aromatic N) is 3. The van der Waals surface area contributed by atoms with E-state index < -0.39 is 4.92 Å². The van der Waals surface area contributed by atoms with Gasteiger partial charge in [-0.15, -0.1) is 11.3 Å². The molecule has 0 saturated carbocycles. The monoisotopic (exact) mass is 496 g/mol. The molecule has 182 valence electrons. The van der Waals surface area contributed by atoms with E-state index in [-0.39, 0.29) is 5.91 Å². The first-order valence-electron chi connectivity index (χ1n) is 10.6. The summed E-state index contributed by atoms with van der Waals surface area (Å²) in [4.78, 5) is 30.9. The average Bonchev–Trinajstić information content (AvgIpc) is 3.29. The summed E-state index contributed by atoms with van der Waals surface area (Å²) in [5.74, 6) is 1.21.